The van der Waals surface area contributed by atoms with Crippen LogP contribution in [0.2, 0.25) is 0 Å². The Hall–Kier alpha value is -0.860. The number of aryl methyl sites for hydroxylation is 1. The molecule has 7 heteroatoms. The lowest BCUT2D eigenvalue weighted by Crippen LogP contribution is -2.37. The van der Waals surface area contributed by atoms with Crippen molar-refractivity contribution in [2.24, 2.45) is 4.99 Å². The van der Waals surface area contributed by atoms with Gasteiger partial charge in [-0.2, -0.15) is 0 Å². The van der Waals surface area contributed by atoms with Crippen molar-refractivity contribution in [3.05, 3.63) is 11.6 Å². The molecule has 0 spiro atoms. The van der Waals surface area contributed by atoms with Gasteiger partial charge in [-0.25, -0.2) is 4.99 Å². The van der Waals surface area contributed by atoms with Crippen LogP contribution in [-0.2, 0) is 19.5 Å². The van der Waals surface area contributed by atoms with Crippen molar-refractivity contribution >= 4 is 29.9 Å². The molecule has 0 aromatic carbocycles. The Morgan fingerprint density at radius 1 is 1.25 bits per heavy atom. The quantitative estimate of drug-likeness (QED) is 0.455. The molecule has 0 unspecified atom stereocenters. The number of fused-ring (bicyclic) bond motifs is 1. The molecule has 0 atom stereocenters. The van der Waals surface area contributed by atoms with Gasteiger partial charge in [-0.15, -0.1) is 34.2 Å². The second-order valence-corrected chi connectivity index (χ2v) is 4.76. The number of hydrogen-bond acceptors (Lipinski definition) is 3. The lowest BCUT2D eigenvalue weighted by atomic mass is 10.2. The maximum Gasteiger partial charge on any atom is 0.191 e. The second-order valence-electron chi connectivity index (χ2n) is 4.76. The van der Waals surface area contributed by atoms with Gasteiger partial charge in [0.1, 0.15) is 12.4 Å². The molecule has 2 heterocycles. The summed E-state index contributed by atoms with van der Waals surface area (Å²) in [5.41, 5.74) is 0. The summed E-state index contributed by atoms with van der Waals surface area (Å²) in [6.45, 7) is 7.64. The van der Waals surface area contributed by atoms with Crippen molar-refractivity contribution in [2.75, 3.05) is 13.1 Å². The van der Waals surface area contributed by atoms with Crippen LogP contribution >= 0.6 is 24.0 Å². The molecule has 1 aliphatic heterocycles. The number of aliphatic imine (C=N–C) groups is 1. The molecule has 0 saturated heterocycles. The van der Waals surface area contributed by atoms with Crippen LogP contribution in [0.15, 0.2) is 4.99 Å². The summed E-state index contributed by atoms with van der Waals surface area (Å²) >= 11 is 0. The minimum absolute atomic E-state index is 0. The average Bonchev–Trinajstić information content (AvgIpc) is 2.85. The summed E-state index contributed by atoms with van der Waals surface area (Å²) in [5, 5.41) is 15.0. The summed E-state index contributed by atoms with van der Waals surface area (Å²) in [5.74, 6) is 2.95. The van der Waals surface area contributed by atoms with Crippen molar-refractivity contribution in [1.82, 2.24) is 25.4 Å². The molecule has 0 bridgehead atoms. The maximum absolute atomic E-state index is 4.57. The zero-order valence-electron chi connectivity index (χ0n) is 12.4. The van der Waals surface area contributed by atoms with Crippen LogP contribution in [0.25, 0.3) is 0 Å². The maximum atomic E-state index is 4.57. The summed E-state index contributed by atoms with van der Waals surface area (Å²) in [4.78, 5) is 4.57. The normalized spacial score (nSPS) is 14.4. The zero-order valence-corrected chi connectivity index (χ0v) is 14.7. The van der Waals surface area contributed by atoms with E-state index < -0.39 is 0 Å². The van der Waals surface area contributed by atoms with Crippen LogP contribution in [0, 0.1) is 0 Å². The van der Waals surface area contributed by atoms with Crippen molar-refractivity contribution < 1.29 is 0 Å². The third-order valence-corrected chi connectivity index (χ3v) is 3.20. The van der Waals surface area contributed by atoms with Crippen LogP contribution < -0.4 is 10.6 Å². The van der Waals surface area contributed by atoms with Gasteiger partial charge in [0.2, 0.25) is 0 Å². The van der Waals surface area contributed by atoms with Crippen molar-refractivity contribution in [2.45, 2.75) is 52.6 Å². The molecule has 20 heavy (non-hydrogen) atoms. The van der Waals surface area contributed by atoms with Crippen molar-refractivity contribution in [1.29, 1.82) is 0 Å². The SMILES string of the molecule is CCCNC(=NCc1nnc2n1CCCC2)NCC.I. The first-order chi connectivity index (χ1) is 9.35. The van der Waals surface area contributed by atoms with E-state index in [0.717, 1.165) is 50.1 Å². The van der Waals surface area contributed by atoms with E-state index in [0.29, 0.717) is 6.54 Å². The van der Waals surface area contributed by atoms with Crippen LogP contribution in [-0.4, -0.2) is 33.8 Å². The predicted octanol–water partition coefficient (Wildman–Crippen LogP) is 1.70. The van der Waals surface area contributed by atoms with E-state index in [4.69, 9.17) is 0 Å². The number of halogens is 1. The Bertz CT molecular complexity index is 428. The first-order valence-electron chi connectivity index (χ1n) is 7.28. The predicted molar refractivity (Wildman–Crippen MR) is 91.5 cm³/mol. The molecule has 0 radical (unpaired) electrons. The fourth-order valence-corrected chi connectivity index (χ4v) is 2.22. The standard InChI is InChI=1S/C13H24N6.HI/c1-3-8-15-13(14-4-2)16-10-12-18-17-11-7-5-6-9-19(11)12;/h3-10H2,1-2H3,(H2,14,15,16);1H. The van der Waals surface area contributed by atoms with E-state index >= 15 is 0 Å². The molecular weight excluding hydrogens is 367 g/mol. The lowest BCUT2D eigenvalue weighted by Gasteiger charge is -2.14. The smallest absolute Gasteiger partial charge is 0.191 e. The molecule has 2 N–H and O–H groups in total. The highest BCUT2D eigenvalue weighted by Gasteiger charge is 2.15. The van der Waals surface area contributed by atoms with E-state index in [1.807, 2.05) is 0 Å². The van der Waals surface area contributed by atoms with Gasteiger partial charge in [-0.3, -0.25) is 0 Å². The van der Waals surface area contributed by atoms with Crippen LogP contribution in [0.4, 0.5) is 0 Å². The largest absolute Gasteiger partial charge is 0.357 e. The molecule has 1 aromatic heterocycles. The number of guanidine groups is 1. The van der Waals surface area contributed by atoms with Crippen LogP contribution in [0.1, 0.15) is 44.8 Å². The van der Waals surface area contributed by atoms with Gasteiger partial charge < -0.3 is 15.2 Å². The molecule has 0 fully saturated rings. The summed E-state index contributed by atoms with van der Waals surface area (Å²) in [6.07, 6.45) is 4.58. The fourth-order valence-electron chi connectivity index (χ4n) is 2.22. The van der Waals surface area contributed by atoms with Gasteiger partial charge in [0, 0.05) is 26.1 Å². The first kappa shape index (κ1) is 17.2. The van der Waals surface area contributed by atoms with Crippen LogP contribution in [0.5, 0.6) is 0 Å². The number of rotatable bonds is 5. The Morgan fingerprint density at radius 2 is 2.10 bits per heavy atom. The van der Waals surface area contributed by atoms with E-state index in [2.05, 4.69) is 44.2 Å². The molecule has 2 rings (SSSR count). The molecule has 0 amide bonds. The highest BCUT2D eigenvalue weighted by molar-refractivity contribution is 14.0. The molecule has 1 aliphatic rings. The van der Waals surface area contributed by atoms with Gasteiger partial charge in [0.25, 0.3) is 0 Å². The first-order valence-corrected chi connectivity index (χ1v) is 7.28. The van der Waals surface area contributed by atoms with Gasteiger partial charge in [0.15, 0.2) is 11.8 Å². The summed E-state index contributed by atoms with van der Waals surface area (Å²) in [7, 11) is 0. The van der Waals surface area contributed by atoms with E-state index in [9.17, 15) is 0 Å². The topological polar surface area (TPSA) is 67.1 Å². The number of hydrogen-bond donors (Lipinski definition) is 2. The Kier molecular flexibility index (Phi) is 7.86. The summed E-state index contributed by atoms with van der Waals surface area (Å²) in [6, 6.07) is 0. The molecule has 114 valence electrons. The second kappa shape index (κ2) is 9.15. The minimum atomic E-state index is 0. The van der Waals surface area contributed by atoms with E-state index in [-0.39, 0.29) is 24.0 Å². The van der Waals surface area contributed by atoms with E-state index in [1.165, 1.54) is 12.8 Å². The van der Waals surface area contributed by atoms with E-state index in [1.54, 1.807) is 0 Å². The molecule has 1 aromatic rings. The van der Waals surface area contributed by atoms with Crippen molar-refractivity contribution in [3.63, 3.8) is 0 Å². The van der Waals surface area contributed by atoms with Gasteiger partial charge in [-0.1, -0.05) is 6.92 Å². The van der Waals surface area contributed by atoms with Gasteiger partial charge in [-0.05, 0) is 26.2 Å². The number of nitrogens with one attached hydrogen (secondary N) is 2. The molecule has 0 aliphatic carbocycles. The highest BCUT2D eigenvalue weighted by atomic mass is 127. The Morgan fingerprint density at radius 3 is 2.85 bits per heavy atom. The van der Waals surface area contributed by atoms with Gasteiger partial charge >= 0.3 is 0 Å². The van der Waals surface area contributed by atoms with Crippen LogP contribution in [0.3, 0.4) is 0 Å². The number of nitrogens with zero attached hydrogens (tertiary/aromatic N) is 4. The van der Waals surface area contributed by atoms with Gasteiger partial charge in [0.05, 0.1) is 0 Å². The molecule has 6 nitrogen and oxygen atoms in total. The third kappa shape index (κ3) is 4.60. The zero-order chi connectivity index (χ0) is 13.5. The minimum Gasteiger partial charge on any atom is -0.357 e. The number of aromatic nitrogens is 3. The Balaban J connectivity index is 0.00000200. The third-order valence-electron chi connectivity index (χ3n) is 3.20. The Labute approximate surface area is 137 Å². The molecular formula is C13H25IN6. The lowest BCUT2D eigenvalue weighted by molar-refractivity contribution is 0.508. The average molecular weight is 392 g/mol. The fraction of sp³-hybridized carbons (Fsp3) is 0.769. The molecule has 0 saturated carbocycles. The highest BCUT2D eigenvalue weighted by Crippen LogP contribution is 2.14. The van der Waals surface area contributed by atoms with Crippen molar-refractivity contribution in [3.8, 4) is 0 Å². The summed E-state index contributed by atoms with van der Waals surface area (Å²) < 4.78 is 2.22. The monoisotopic (exact) mass is 392 g/mol.